The number of nitrogens with zero attached hydrogens (tertiary/aromatic N) is 2. The predicted octanol–water partition coefficient (Wildman–Crippen LogP) is 4.03. The highest BCUT2D eigenvalue weighted by Crippen LogP contribution is 2.34. The van der Waals surface area contributed by atoms with Gasteiger partial charge in [-0.15, -0.1) is 0 Å². The third-order valence-corrected chi connectivity index (χ3v) is 5.83. The van der Waals surface area contributed by atoms with Crippen LogP contribution >= 0.6 is 0 Å². The van der Waals surface area contributed by atoms with E-state index in [4.69, 9.17) is 10.5 Å². The number of carbonyl (C=O) groups is 2. The summed E-state index contributed by atoms with van der Waals surface area (Å²) in [6, 6.07) is 16.5. The van der Waals surface area contributed by atoms with Crippen molar-refractivity contribution in [2.45, 2.75) is 38.5 Å². The number of imide groups is 1. The standard InChI is InChI=1S/C25H27N3O3/c1-25(2)23(29)28(20-14-12-18(16-26)13-15-20)24(30)27(25)17-19-8-6-7-11-22(19)31-21-9-4-3-5-10-21/h3-10,12-15,22H,11,16-17,26H2,1-2H3. The van der Waals surface area contributed by atoms with Gasteiger partial charge in [-0.2, -0.15) is 0 Å². The van der Waals surface area contributed by atoms with Crippen LogP contribution in [0.15, 0.2) is 78.4 Å². The van der Waals surface area contributed by atoms with Crippen LogP contribution in [-0.2, 0) is 11.3 Å². The van der Waals surface area contributed by atoms with Gasteiger partial charge >= 0.3 is 6.03 Å². The Kier molecular flexibility index (Phi) is 5.65. The first-order valence-corrected chi connectivity index (χ1v) is 10.4. The zero-order valence-electron chi connectivity index (χ0n) is 17.8. The van der Waals surface area contributed by atoms with E-state index in [9.17, 15) is 9.59 Å². The van der Waals surface area contributed by atoms with Crippen molar-refractivity contribution < 1.29 is 14.3 Å². The Morgan fingerprint density at radius 2 is 1.77 bits per heavy atom. The molecule has 0 bridgehead atoms. The lowest BCUT2D eigenvalue weighted by Gasteiger charge is -2.32. The fourth-order valence-corrected chi connectivity index (χ4v) is 3.89. The van der Waals surface area contributed by atoms with Crippen molar-refractivity contribution in [3.05, 3.63) is 84.0 Å². The second-order valence-corrected chi connectivity index (χ2v) is 8.26. The average Bonchev–Trinajstić information content (AvgIpc) is 2.95. The van der Waals surface area contributed by atoms with Crippen LogP contribution in [0.3, 0.4) is 0 Å². The number of hydrogen-bond donors (Lipinski definition) is 1. The highest BCUT2D eigenvalue weighted by Gasteiger charge is 2.52. The molecule has 1 atom stereocenters. The molecule has 1 saturated heterocycles. The highest BCUT2D eigenvalue weighted by molar-refractivity contribution is 6.23. The largest absolute Gasteiger partial charge is 0.486 e. The number of benzene rings is 2. The van der Waals surface area contributed by atoms with Crippen LogP contribution in [0.25, 0.3) is 0 Å². The van der Waals surface area contributed by atoms with Crippen LogP contribution in [0.4, 0.5) is 10.5 Å². The Hall–Kier alpha value is -3.38. The van der Waals surface area contributed by atoms with Crippen LogP contribution in [0.5, 0.6) is 5.75 Å². The molecule has 31 heavy (non-hydrogen) atoms. The smallest absolute Gasteiger partial charge is 0.332 e. The third kappa shape index (κ3) is 3.99. The van der Waals surface area contributed by atoms with Gasteiger partial charge in [-0.1, -0.05) is 48.6 Å². The van der Waals surface area contributed by atoms with Crippen LogP contribution in [0, 0.1) is 0 Å². The second-order valence-electron chi connectivity index (χ2n) is 8.26. The van der Waals surface area contributed by atoms with E-state index in [1.54, 1.807) is 30.9 Å². The summed E-state index contributed by atoms with van der Waals surface area (Å²) in [4.78, 5) is 29.4. The molecule has 6 heteroatoms. The fraction of sp³-hybridized carbons (Fsp3) is 0.280. The molecule has 0 radical (unpaired) electrons. The Balaban J connectivity index is 1.57. The van der Waals surface area contributed by atoms with Gasteiger partial charge in [0.15, 0.2) is 0 Å². The summed E-state index contributed by atoms with van der Waals surface area (Å²) in [7, 11) is 0. The average molecular weight is 418 g/mol. The number of para-hydroxylation sites is 1. The lowest BCUT2D eigenvalue weighted by atomic mass is 9.98. The lowest BCUT2D eigenvalue weighted by Crippen LogP contribution is -2.46. The van der Waals surface area contributed by atoms with E-state index < -0.39 is 5.54 Å². The van der Waals surface area contributed by atoms with Gasteiger partial charge in [0, 0.05) is 19.5 Å². The fourth-order valence-electron chi connectivity index (χ4n) is 3.89. The van der Waals surface area contributed by atoms with E-state index in [1.165, 1.54) is 4.90 Å². The van der Waals surface area contributed by atoms with Gasteiger partial charge in [0.1, 0.15) is 17.4 Å². The molecule has 0 spiro atoms. The maximum absolute atomic E-state index is 13.3. The molecule has 2 aromatic rings. The maximum atomic E-state index is 13.3. The van der Waals surface area contributed by atoms with Crippen LogP contribution in [0.2, 0.25) is 0 Å². The minimum atomic E-state index is -0.969. The molecule has 1 aliphatic carbocycles. The molecule has 1 aliphatic heterocycles. The zero-order chi connectivity index (χ0) is 22.0. The summed E-state index contributed by atoms with van der Waals surface area (Å²) in [5.41, 5.74) is 7.15. The normalized spacial score (nSPS) is 20.2. The minimum Gasteiger partial charge on any atom is -0.486 e. The van der Waals surface area contributed by atoms with E-state index in [0.29, 0.717) is 25.2 Å². The molecular formula is C25H27N3O3. The maximum Gasteiger partial charge on any atom is 0.332 e. The van der Waals surface area contributed by atoms with Crippen LogP contribution in [-0.4, -0.2) is 35.0 Å². The topological polar surface area (TPSA) is 75.9 Å². The number of carbonyl (C=O) groups excluding carboxylic acids is 2. The molecule has 1 unspecified atom stereocenters. The third-order valence-electron chi connectivity index (χ3n) is 5.83. The van der Waals surface area contributed by atoms with Gasteiger partial charge in [-0.05, 0) is 49.2 Å². The number of urea groups is 1. The molecule has 0 saturated carbocycles. The SMILES string of the molecule is CC1(C)C(=O)N(c2ccc(CN)cc2)C(=O)N1CC1=CC=CCC1Oc1ccccc1. The van der Waals surface area contributed by atoms with Gasteiger partial charge in [-0.3, -0.25) is 4.79 Å². The summed E-state index contributed by atoms with van der Waals surface area (Å²) >= 11 is 0. The van der Waals surface area contributed by atoms with Gasteiger partial charge < -0.3 is 15.4 Å². The summed E-state index contributed by atoms with van der Waals surface area (Å²) < 4.78 is 6.18. The van der Waals surface area contributed by atoms with E-state index in [1.807, 2.05) is 60.7 Å². The summed E-state index contributed by atoms with van der Waals surface area (Å²) in [6.45, 7) is 4.29. The van der Waals surface area contributed by atoms with Crippen molar-refractivity contribution in [2.75, 3.05) is 11.4 Å². The molecule has 1 heterocycles. The summed E-state index contributed by atoms with van der Waals surface area (Å²) in [5.74, 6) is 0.531. The van der Waals surface area contributed by atoms with Gasteiger partial charge in [-0.25, -0.2) is 9.69 Å². The quantitative estimate of drug-likeness (QED) is 0.720. The van der Waals surface area contributed by atoms with Gasteiger partial charge in [0.25, 0.3) is 5.91 Å². The first-order chi connectivity index (χ1) is 14.9. The molecule has 2 aromatic carbocycles. The molecule has 4 rings (SSSR count). The Bertz CT molecular complexity index is 1030. The zero-order valence-corrected chi connectivity index (χ0v) is 17.8. The van der Waals surface area contributed by atoms with E-state index in [-0.39, 0.29) is 18.0 Å². The van der Waals surface area contributed by atoms with Crippen molar-refractivity contribution in [3.8, 4) is 5.75 Å². The first-order valence-electron chi connectivity index (χ1n) is 10.4. The second kappa shape index (κ2) is 8.40. The molecule has 2 aliphatic rings. The molecule has 2 N–H and O–H groups in total. The minimum absolute atomic E-state index is 0.191. The van der Waals surface area contributed by atoms with E-state index in [2.05, 4.69) is 0 Å². The van der Waals surface area contributed by atoms with Crippen molar-refractivity contribution in [2.24, 2.45) is 5.73 Å². The molecule has 0 aromatic heterocycles. The highest BCUT2D eigenvalue weighted by atomic mass is 16.5. The number of rotatable bonds is 6. The number of hydrogen-bond acceptors (Lipinski definition) is 4. The van der Waals surface area contributed by atoms with Crippen LogP contribution in [0.1, 0.15) is 25.8 Å². The number of amides is 3. The van der Waals surface area contributed by atoms with E-state index in [0.717, 1.165) is 16.9 Å². The molecular weight excluding hydrogens is 390 g/mol. The molecule has 6 nitrogen and oxygen atoms in total. The molecule has 1 fully saturated rings. The Labute approximate surface area is 182 Å². The van der Waals surface area contributed by atoms with Crippen molar-refractivity contribution in [1.29, 1.82) is 0 Å². The van der Waals surface area contributed by atoms with Crippen molar-refractivity contribution in [3.63, 3.8) is 0 Å². The monoisotopic (exact) mass is 417 g/mol. The number of nitrogens with two attached hydrogens (primary N) is 1. The number of allylic oxidation sites excluding steroid dienone is 2. The Morgan fingerprint density at radius 1 is 1.06 bits per heavy atom. The lowest BCUT2D eigenvalue weighted by molar-refractivity contribution is -0.123. The number of ether oxygens (including phenoxy) is 1. The predicted molar refractivity (Wildman–Crippen MR) is 121 cm³/mol. The van der Waals surface area contributed by atoms with Crippen molar-refractivity contribution in [1.82, 2.24) is 4.90 Å². The Morgan fingerprint density at radius 3 is 2.45 bits per heavy atom. The van der Waals surface area contributed by atoms with Gasteiger partial charge in [0.2, 0.25) is 0 Å². The van der Waals surface area contributed by atoms with E-state index >= 15 is 0 Å². The van der Waals surface area contributed by atoms with Crippen LogP contribution < -0.4 is 15.4 Å². The van der Waals surface area contributed by atoms with Crippen molar-refractivity contribution >= 4 is 17.6 Å². The number of anilines is 1. The van der Waals surface area contributed by atoms with Gasteiger partial charge in [0.05, 0.1) is 5.69 Å². The molecule has 3 amide bonds. The summed E-state index contributed by atoms with van der Waals surface area (Å²) in [6.07, 6.45) is 6.51. The summed E-state index contributed by atoms with van der Waals surface area (Å²) in [5, 5.41) is 0. The molecule has 160 valence electrons. The first kappa shape index (κ1) is 20.9.